The molecule has 158 valence electrons. The lowest BCUT2D eigenvalue weighted by Crippen LogP contribution is -2.39. The summed E-state index contributed by atoms with van der Waals surface area (Å²) in [6.07, 6.45) is 0. The fourth-order valence-electron chi connectivity index (χ4n) is 3.78. The maximum atomic E-state index is 13.7. The second-order valence-corrected chi connectivity index (χ2v) is 8.71. The maximum absolute atomic E-state index is 13.7. The number of hydrogen-bond acceptors (Lipinski definition) is 4. The van der Waals surface area contributed by atoms with Gasteiger partial charge in [-0.2, -0.15) is 0 Å². The third-order valence-electron chi connectivity index (χ3n) is 5.13. The van der Waals surface area contributed by atoms with Crippen LogP contribution in [0.4, 0.5) is 11.4 Å². The van der Waals surface area contributed by atoms with Gasteiger partial charge < -0.3 is 10.1 Å². The first-order chi connectivity index (χ1) is 15.0. The molecule has 0 aromatic heterocycles. The second-order valence-electron chi connectivity index (χ2n) is 6.91. The number of carbonyl (C=O) groups is 1. The molecule has 0 spiro atoms. The van der Waals surface area contributed by atoms with E-state index in [1.165, 1.54) is 11.4 Å². The van der Waals surface area contributed by atoms with E-state index in [4.69, 9.17) is 4.74 Å². The SMILES string of the molecule is CCN1c2ccccc2C(c2ccccc2)=C(C(=O)Nc2ccccc2OC)S1(=O)=O. The van der Waals surface area contributed by atoms with Crippen LogP contribution in [0.25, 0.3) is 5.57 Å². The molecule has 0 atom stereocenters. The highest BCUT2D eigenvalue weighted by molar-refractivity contribution is 7.97. The monoisotopic (exact) mass is 434 g/mol. The number of amides is 1. The van der Waals surface area contributed by atoms with Crippen LogP contribution in [0.5, 0.6) is 5.75 Å². The van der Waals surface area contributed by atoms with Gasteiger partial charge in [0.15, 0.2) is 4.91 Å². The Morgan fingerprint density at radius 2 is 1.58 bits per heavy atom. The van der Waals surface area contributed by atoms with Crippen LogP contribution >= 0.6 is 0 Å². The van der Waals surface area contributed by atoms with Crippen molar-refractivity contribution in [2.45, 2.75) is 6.92 Å². The third kappa shape index (κ3) is 3.57. The van der Waals surface area contributed by atoms with Crippen molar-refractivity contribution in [3.8, 4) is 5.75 Å². The quantitative estimate of drug-likeness (QED) is 0.651. The zero-order valence-corrected chi connectivity index (χ0v) is 18.0. The van der Waals surface area contributed by atoms with E-state index in [0.29, 0.717) is 33.8 Å². The zero-order valence-electron chi connectivity index (χ0n) is 17.2. The lowest BCUT2D eigenvalue weighted by molar-refractivity contribution is -0.112. The first-order valence-electron chi connectivity index (χ1n) is 9.85. The number of nitrogens with zero attached hydrogens (tertiary/aromatic N) is 1. The Morgan fingerprint density at radius 1 is 0.935 bits per heavy atom. The van der Waals surface area contributed by atoms with E-state index in [0.717, 1.165) is 0 Å². The van der Waals surface area contributed by atoms with Crippen LogP contribution in [0.3, 0.4) is 0 Å². The normalized spacial score (nSPS) is 14.7. The molecule has 0 unspecified atom stereocenters. The molecule has 0 radical (unpaired) electrons. The summed E-state index contributed by atoms with van der Waals surface area (Å²) in [5.74, 6) is -0.269. The lowest BCUT2D eigenvalue weighted by Gasteiger charge is -2.32. The molecule has 1 amide bonds. The van der Waals surface area contributed by atoms with Crippen molar-refractivity contribution in [2.75, 3.05) is 23.3 Å². The first-order valence-corrected chi connectivity index (χ1v) is 11.3. The van der Waals surface area contributed by atoms with Crippen molar-refractivity contribution < 1.29 is 17.9 Å². The molecule has 1 aliphatic heterocycles. The highest BCUT2D eigenvalue weighted by Crippen LogP contribution is 2.43. The van der Waals surface area contributed by atoms with Crippen LogP contribution < -0.4 is 14.4 Å². The summed E-state index contributed by atoms with van der Waals surface area (Å²) in [5.41, 5.74) is 2.67. The number of carbonyl (C=O) groups excluding carboxylic acids is 1. The zero-order chi connectivity index (χ0) is 22.0. The molecule has 1 N–H and O–H groups in total. The summed E-state index contributed by atoms with van der Waals surface area (Å²) >= 11 is 0. The standard InChI is InChI=1S/C24H22N2O4S/c1-3-26-20-15-9-7-13-18(20)22(17-11-5-4-6-12-17)23(31(26,28)29)24(27)25-19-14-8-10-16-21(19)30-2/h4-16H,3H2,1-2H3,(H,25,27). The Bertz CT molecular complexity index is 1270. The molecule has 6 nitrogen and oxygen atoms in total. The number of anilines is 2. The van der Waals surface area contributed by atoms with Crippen molar-refractivity contribution in [1.82, 2.24) is 0 Å². The van der Waals surface area contributed by atoms with Gasteiger partial charge in [0, 0.05) is 17.7 Å². The number of methoxy groups -OCH3 is 1. The van der Waals surface area contributed by atoms with E-state index in [1.54, 1.807) is 55.5 Å². The molecule has 0 saturated carbocycles. The van der Waals surface area contributed by atoms with Crippen LogP contribution in [0.1, 0.15) is 18.1 Å². The van der Waals surface area contributed by atoms with Gasteiger partial charge in [0.25, 0.3) is 15.9 Å². The molecule has 7 heteroatoms. The number of para-hydroxylation sites is 3. The van der Waals surface area contributed by atoms with E-state index >= 15 is 0 Å². The fourth-order valence-corrected chi connectivity index (χ4v) is 5.53. The summed E-state index contributed by atoms with van der Waals surface area (Å²) < 4.78 is 33.9. The minimum Gasteiger partial charge on any atom is -0.495 e. The van der Waals surface area contributed by atoms with Gasteiger partial charge >= 0.3 is 0 Å². The van der Waals surface area contributed by atoms with Gasteiger partial charge in [-0.25, -0.2) is 8.42 Å². The molecular weight excluding hydrogens is 412 g/mol. The van der Waals surface area contributed by atoms with Gasteiger partial charge in [-0.05, 0) is 30.7 Å². The number of fused-ring (bicyclic) bond motifs is 1. The third-order valence-corrected chi connectivity index (χ3v) is 7.07. The largest absolute Gasteiger partial charge is 0.495 e. The molecule has 1 heterocycles. The second kappa shape index (κ2) is 8.28. The van der Waals surface area contributed by atoms with Crippen molar-refractivity contribution in [2.24, 2.45) is 0 Å². The van der Waals surface area contributed by atoms with Crippen LogP contribution in [-0.2, 0) is 14.8 Å². The Kier molecular flexibility index (Phi) is 5.52. The number of rotatable bonds is 5. The topological polar surface area (TPSA) is 75.7 Å². The average Bonchev–Trinajstić information content (AvgIpc) is 2.78. The predicted molar refractivity (Wildman–Crippen MR) is 122 cm³/mol. The number of ether oxygens (including phenoxy) is 1. The molecule has 3 aromatic carbocycles. The van der Waals surface area contributed by atoms with E-state index in [9.17, 15) is 13.2 Å². The summed E-state index contributed by atoms with van der Waals surface area (Å²) in [5, 5.41) is 2.73. The van der Waals surface area contributed by atoms with Gasteiger partial charge in [0.1, 0.15) is 5.75 Å². The van der Waals surface area contributed by atoms with Crippen LogP contribution in [-0.4, -0.2) is 28.0 Å². The molecule has 0 saturated heterocycles. The molecular formula is C24H22N2O4S. The molecule has 4 rings (SSSR count). The number of benzene rings is 3. The van der Waals surface area contributed by atoms with E-state index in [-0.39, 0.29) is 11.4 Å². The summed E-state index contributed by atoms with van der Waals surface area (Å²) in [7, 11) is -2.61. The predicted octanol–water partition coefficient (Wildman–Crippen LogP) is 4.26. The Morgan fingerprint density at radius 3 is 2.29 bits per heavy atom. The molecule has 1 aliphatic rings. The minimum absolute atomic E-state index is 0.201. The highest BCUT2D eigenvalue weighted by Gasteiger charge is 2.40. The van der Waals surface area contributed by atoms with Gasteiger partial charge in [-0.1, -0.05) is 60.7 Å². The summed E-state index contributed by atoms with van der Waals surface area (Å²) in [6.45, 7) is 1.95. The molecule has 0 bridgehead atoms. The smallest absolute Gasteiger partial charge is 0.270 e. The minimum atomic E-state index is -4.10. The average molecular weight is 435 g/mol. The van der Waals surface area contributed by atoms with Crippen molar-refractivity contribution in [3.63, 3.8) is 0 Å². The molecule has 31 heavy (non-hydrogen) atoms. The van der Waals surface area contributed by atoms with E-state index in [2.05, 4.69) is 5.32 Å². The van der Waals surface area contributed by atoms with Gasteiger partial charge in [-0.3, -0.25) is 9.10 Å². The van der Waals surface area contributed by atoms with E-state index < -0.39 is 15.9 Å². The van der Waals surface area contributed by atoms with Crippen molar-refractivity contribution >= 4 is 32.9 Å². The van der Waals surface area contributed by atoms with E-state index in [1.807, 2.05) is 30.3 Å². The Labute approximate surface area is 181 Å². The number of sulfonamides is 1. The summed E-state index contributed by atoms with van der Waals surface area (Å²) in [6, 6.07) is 23.2. The van der Waals surface area contributed by atoms with Gasteiger partial charge in [0.2, 0.25) is 0 Å². The fraction of sp³-hybridized carbons (Fsp3) is 0.125. The Balaban J connectivity index is 1.98. The summed E-state index contributed by atoms with van der Waals surface area (Å²) in [4.78, 5) is 13.2. The van der Waals surface area contributed by atoms with Gasteiger partial charge in [0.05, 0.1) is 18.5 Å². The molecule has 0 aliphatic carbocycles. The van der Waals surface area contributed by atoms with Crippen LogP contribution in [0.15, 0.2) is 83.8 Å². The Hall–Kier alpha value is -3.58. The molecule has 0 fully saturated rings. The number of hydrogen-bond donors (Lipinski definition) is 1. The lowest BCUT2D eigenvalue weighted by atomic mass is 9.95. The highest BCUT2D eigenvalue weighted by atomic mass is 32.2. The van der Waals surface area contributed by atoms with Crippen molar-refractivity contribution in [3.05, 3.63) is 94.9 Å². The first kappa shape index (κ1) is 20.7. The van der Waals surface area contributed by atoms with Gasteiger partial charge in [-0.15, -0.1) is 0 Å². The van der Waals surface area contributed by atoms with Crippen LogP contribution in [0.2, 0.25) is 0 Å². The number of nitrogens with one attached hydrogen (secondary N) is 1. The van der Waals surface area contributed by atoms with Crippen LogP contribution in [0, 0.1) is 0 Å². The maximum Gasteiger partial charge on any atom is 0.270 e. The molecule has 3 aromatic rings. The van der Waals surface area contributed by atoms with Crippen molar-refractivity contribution in [1.29, 1.82) is 0 Å².